The number of rotatable bonds is 6. The molecule has 0 aromatic carbocycles. The third-order valence-electron chi connectivity index (χ3n) is 3.92. The number of halogens is 2. The Hall–Kier alpha value is -0.220. The van der Waals surface area contributed by atoms with Gasteiger partial charge in [0.05, 0.1) is 6.54 Å². The Kier molecular flexibility index (Phi) is 5.32. The second kappa shape index (κ2) is 6.10. The molecule has 1 N–H and O–H groups in total. The van der Waals surface area contributed by atoms with Crippen LogP contribution >= 0.6 is 0 Å². The van der Waals surface area contributed by atoms with Gasteiger partial charge in [-0.3, -0.25) is 4.90 Å². The zero-order valence-electron chi connectivity index (χ0n) is 11.5. The number of hydrogen-bond donors (Lipinski definition) is 1. The summed E-state index contributed by atoms with van der Waals surface area (Å²) in [6.45, 7) is 7.44. The lowest BCUT2D eigenvalue weighted by Crippen LogP contribution is -2.51. The number of likely N-dealkylation sites (N-methyl/N-ethyl adjacent to an activating group) is 1. The molecule has 0 radical (unpaired) electrons. The van der Waals surface area contributed by atoms with Gasteiger partial charge in [0, 0.05) is 12.1 Å². The smallest absolute Gasteiger partial charge is 0.251 e. The van der Waals surface area contributed by atoms with E-state index in [4.69, 9.17) is 0 Å². The summed E-state index contributed by atoms with van der Waals surface area (Å²) in [5, 5.41) is 3.54. The Morgan fingerprint density at radius 2 is 2.06 bits per heavy atom. The molecule has 2 nitrogen and oxygen atoms in total. The maximum atomic E-state index is 12.4. The summed E-state index contributed by atoms with van der Waals surface area (Å²) < 4.78 is 24.9. The number of alkyl halides is 2. The molecule has 1 rings (SSSR count). The highest BCUT2D eigenvalue weighted by Gasteiger charge is 2.43. The van der Waals surface area contributed by atoms with E-state index in [9.17, 15) is 8.78 Å². The Morgan fingerprint density at radius 3 is 2.59 bits per heavy atom. The summed E-state index contributed by atoms with van der Waals surface area (Å²) in [6, 6.07) is 0.566. The highest BCUT2D eigenvalue weighted by Crippen LogP contribution is 2.39. The minimum absolute atomic E-state index is 0.120. The van der Waals surface area contributed by atoms with Crippen molar-refractivity contribution in [2.75, 3.05) is 20.1 Å². The van der Waals surface area contributed by atoms with Gasteiger partial charge in [-0.05, 0) is 38.3 Å². The van der Waals surface area contributed by atoms with Gasteiger partial charge < -0.3 is 5.32 Å². The maximum Gasteiger partial charge on any atom is 0.251 e. The van der Waals surface area contributed by atoms with E-state index >= 15 is 0 Å². The van der Waals surface area contributed by atoms with Crippen LogP contribution in [0.5, 0.6) is 0 Å². The molecule has 0 bridgehead atoms. The molecule has 0 heterocycles. The van der Waals surface area contributed by atoms with Crippen LogP contribution in [0.15, 0.2) is 0 Å². The van der Waals surface area contributed by atoms with Gasteiger partial charge in [0.15, 0.2) is 0 Å². The molecular weight excluding hydrogens is 222 g/mol. The van der Waals surface area contributed by atoms with Crippen LogP contribution in [0.2, 0.25) is 0 Å². The molecule has 1 fully saturated rings. The van der Waals surface area contributed by atoms with Crippen molar-refractivity contribution in [3.8, 4) is 0 Å². The molecule has 2 unspecified atom stereocenters. The molecule has 1 aliphatic carbocycles. The maximum absolute atomic E-state index is 12.4. The second-order valence-corrected chi connectivity index (χ2v) is 5.86. The second-order valence-electron chi connectivity index (χ2n) is 5.86. The van der Waals surface area contributed by atoms with Gasteiger partial charge in [-0.25, -0.2) is 8.78 Å². The van der Waals surface area contributed by atoms with Crippen LogP contribution in [0.25, 0.3) is 0 Å². The average molecular weight is 248 g/mol. The lowest BCUT2D eigenvalue weighted by molar-refractivity contribution is 0.0691. The van der Waals surface area contributed by atoms with Crippen LogP contribution in [-0.4, -0.2) is 43.5 Å². The zero-order valence-corrected chi connectivity index (χ0v) is 11.5. The molecule has 17 heavy (non-hydrogen) atoms. The minimum atomic E-state index is -2.24. The Morgan fingerprint density at radius 1 is 1.41 bits per heavy atom. The van der Waals surface area contributed by atoms with Crippen LogP contribution in [0.4, 0.5) is 8.78 Å². The third-order valence-corrected chi connectivity index (χ3v) is 3.92. The summed E-state index contributed by atoms with van der Waals surface area (Å²) in [5.74, 6) is 0. The van der Waals surface area contributed by atoms with Gasteiger partial charge >= 0.3 is 0 Å². The molecule has 1 aliphatic rings. The van der Waals surface area contributed by atoms with Crippen LogP contribution in [0, 0.1) is 5.41 Å². The van der Waals surface area contributed by atoms with E-state index in [0.29, 0.717) is 6.04 Å². The van der Waals surface area contributed by atoms with E-state index in [1.807, 2.05) is 11.9 Å². The summed E-state index contributed by atoms with van der Waals surface area (Å²) >= 11 is 0. The first-order valence-corrected chi connectivity index (χ1v) is 6.60. The van der Waals surface area contributed by atoms with E-state index in [2.05, 4.69) is 26.1 Å². The summed E-state index contributed by atoms with van der Waals surface area (Å²) in [5.41, 5.74) is 0.205. The van der Waals surface area contributed by atoms with E-state index < -0.39 is 6.43 Å². The predicted molar refractivity (Wildman–Crippen MR) is 67.5 cm³/mol. The van der Waals surface area contributed by atoms with Gasteiger partial charge in [0.2, 0.25) is 0 Å². The topological polar surface area (TPSA) is 15.3 Å². The fourth-order valence-electron chi connectivity index (χ4n) is 2.90. The summed E-state index contributed by atoms with van der Waals surface area (Å²) in [4.78, 5) is 1.83. The molecule has 0 spiro atoms. The Labute approximate surface area is 104 Å². The van der Waals surface area contributed by atoms with Crippen molar-refractivity contribution in [1.82, 2.24) is 10.2 Å². The zero-order chi connectivity index (χ0) is 13.1. The van der Waals surface area contributed by atoms with Gasteiger partial charge in [0.25, 0.3) is 6.43 Å². The summed E-state index contributed by atoms with van der Waals surface area (Å²) in [7, 11) is 1.82. The van der Waals surface area contributed by atoms with Crippen molar-refractivity contribution in [3.05, 3.63) is 0 Å². The average Bonchev–Trinajstić information content (AvgIpc) is 2.50. The lowest BCUT2D eigenvalue weighted by atomic mass is 9.86. The first-order valence-electron chi connectivity index (χ1n) is 6.60. The Balaban J connectivity index is 2.63. The molecule has 0 aliphatic heterocycles. The van der Waals surface area contributed by atoms with Crippen molar-refractivity contribution in [2.24, 2.45) is 5.41 Å². The summed E-state index contributed by atoms with van der Waals surface area (Å²) in [6.07, 6.45) is 0.956. The molecule has 102 valence electrons. The van der Waals surface area contributed by atoms with Gasteiger partial charge in [0.1, 0.15) is 0 Å². The Bertz CT molecular complexity index is 231. The van der Waals surface area contributed by atoms with Gasteiger partial charge in [-0.1, -0.05) is 20.8 Å². The van der Waals surface area contributed by atoms with Crippen molar-refractivity contribution < 1.29 is 8.78 Å². The molecule has 2 atom stereocenters. The van der Waals surface area contributed by atoms with E-state index in [1.165, 1.54) is 0 Å². The van der Waals surface area contributed by atoms with Crippen LogP contribution in [0.3, 0.4) is 0 Å². The van der Waals surface area contributed by atoms with Gasteiger partial charge in [-0.15, -0.1) is 0 Å². The molecule has 0 aromatic rings. The minimum Gasteiger partial charge on any atom is -0.312 e. The van der Waals surface area contributed by atoms with E-state index in [0.717, 1.165) is 25.8 Å². The third kappa shape index (κ3) is 3.88. The predicted octanol–water partition coefficient (Wildman–Crippen LogP) is 2.74. The molecule has 0 saturated heterocycles. The number of nitrogens with one attached hydrogen (secondary N) is 1. The SMILES string of the molecule is CCCNC1C(N(C)CC(F)F)CCC1(C)C. The van der Waals surface area contributed by atoms with E-state index in [1.54, 1.807) is 0 Å². The molecule has 0 aromatic heterocycles. The first-order chi connectivity index (χ1) is 7.88. The normalized spacial score (nSPS) is 28.2. The highest BCUT2D eigenvalue weighted by atomic mass is 19.3. The number of nitrogens with zero attached hydrogens (tertiary/aromatic N) is 1. The molecule has 4 heteroatoms. The fraction of sp³-hybridized carbons (Fsp3) is 1.00. The van der Waals surface area contributed by atoms with Crippen molar-refractivity contribution >= 4 is 0 Å². The van der Waals surface area contributed by atoms with Crippen molar-refractivity contribution in [3.63, 3.8) is 0 Å². The number of hydrogen-bond acceptors (Lipinski definition) is 2. The highest BCUT2D eigenvalue weighted by molar-refractivity contribution is 5.00. The molecule has 1 saturated carbocycles. The standard InChI is InChI=1S/C13H26F2N2/c1-5-8-16-12-10(6-7-13(12,2)3)17(4)9-11(14)15/h10-12,16H,5-9H2,1-4H3. The first kappa shape index (κ1) is 14.8. The molecular formula is C13H26F2N2. The molecule has 0 amide bonds. The monoisotopic (exact) mass is 248 g/mol. The van der Waals surface area contributed by atoms with Crippen molar-refractivity contribution in [1.29, 1.82) is 0 Å². The van der Waals surface area contributed by atoms with Crippen LogP contribution < -0.4 is 5.32 Å². The quantitative estimate of drug-likeness (QED) is 0.777. The largest absolute Gasteiger partial charge is 0.312 e. The van der Waals surface area contributed by atoms with Gasteiger partial charge in [-0.2, -0.15) is 0 Å². The van der Waals surface area contributed by atoms with Crippen LogP contribution in [0.1, 0.15) is 40.0 Å². The van der Waals surface area contributed by atoms with Crippen LogP contribution in [-0.2, 0) is 0 Å². The lowest BCUT2D eigenvalue weighted by Gasteiger charge is -2.36. The van der Waals surface area contributed by atoms with Crippen molar-refractivity contribution in [2.45, 2.75) is 58.5 Å². The fourth-order valence-corrected chi connectivity index (χ4v) is 2.90. The van der Waals surface area contributed by atoms with E-state index in [-0.39, 0.29) is 18.0 Å².